The van der Waals surface area contributed by atoms with E-state index in [-0.39, 0.29) is 0 Å². The Hall–Kier alpha value is -1.50. The van der Waals surface area contributed by atoms with E-state index in [9.17, 15) is 0 Å². The minimum absolute atomic E-state index is 1.02. The number of hydrogen-bond acceptors (Lipinski definition) is 5. The van der Waals surface area contributed by atoms with Crippen LogP contribution in [0.5, 0.6) is 0 Å². The van der Waals surface area contributed by atoms with Crippen LogP contribution in [0.25, 0.3) is 20.7 Å². The lowest BCUT2D eigenvalue weighted by Gasteiger charge is -2.21. The van der Waals surface area contributed by atoms with Crippen molar-refractivity contribution in [2.24, 2.45) is 0 Å². The van der Waals surface area contributed by atoms with Crippen molar-refractivity contribution >= 4 is 43.3 Å². The monoisotopic (exact) mass is 402 g/mol. The molecule has 6 heteroatoms. The second-order valence-corrected chi connectivity index (χ2v) is 8.14. The van der Waals surface area contributed by atoms with Gasteiger partial charge in [-0.3, -0.25) is 0 Å². The zero-order valence-corrected chi connectivity index (χ0v) is 16.0. The van der Waals surface area contributed by atoms with Gasteiger partial charge in [0.05, 0.1) is 10.2 Å². The maximum absolute atomic E-state index is 4.62. The normalized spacial score (nSPS) is 16.5. The van der Waals surface area contributed by atoms with E-state index in [1.54, 1.807) is 17.7 Å². The summed E-state index contributed by atoms with van der Waals surface area (Å²) in [5.74, 6) is 1.09. The average Bonchev–Trinajstić information content (AvgIpc) is 2.91. The van der Waals surface area contributed by atoms with Gasteiger partial charge in [0.2, 0.25) is 0 Å². The standard InChI is InChI=1S/C18H19BrN4S/c1-22-7-2-8-23(10-9-22)18-17-15(20-12-21-18)11-16(24-17)13-3-5-14(19)6-4-13/h3-6,11-12H,2,7-10H2,1H3. The van der Waals surface area contributed by atoms with Crippen LogP contribution in [0.3, 0.4) is 0 Å². The first kappa shape index (κ1) is 16.0. The van der Waals surface area contributed by atoms with E-state index in [0.717, 1.165) is 42.0 Å². The van der Waals surface area contributed by atoms with E-state index >= 15 is 0 Å². The molecule has 0 bridgehead atoms. The highest BCUT2D eigenvalue weighted by Crippen LogP contribution is 2.37. The number of halogens is 1. The van der Waals surface area contributed by atoms with Gasteiger partial charge in [-0.25, -0.2) is 9.97 Å². The summed E-state index contributed by atoms with van der Waals surface area (Å²) in [6, 6.07) is 10.6. The van der Waals surface area contributed by atoms with E-state index in [0.29, 0.717) is 0 Å². The van der Waals surface area contributed by atoms with Crippen LogP contribution < -0.4 is 4.90 Å². The molecular formula is C18H19BrN4S. The first-order valence-electron chi connectivity index (χ1n) is 8.15. The number of nitrogens with zero attached hydrogens (tertiary/aromatic N) is 4. The molecule has 0 amide bonds. The molecule has 0 unspecified atom stereocenters. The number of rotatable bonds is 2. The molecule has 0 aliphatic carbocycles. The molecule has 0 atom stereocenters. The Morgan fingerprint density at radius 2 is 1.88 bits per heavy atom. The maximum atomic E-state index is 4.62. The number of anilines is 1. The van der Waals surface area contributed by atoms with Crippen molar-refractivity contribution in [3.8, 4) is 10.4 Å². The van der Waals surface area contributed by atoms with E-state index in [4.69, 9.17) is 0 Å². The van der Waals surface area contributed by atoms with Gasteiger partial charge in [0.15, 0.2) is 0 Å². The molecular weight excluding hydrogens is 384 g/mol. The first-order valence-corrected chi connectivity index (χ1v) is 9.75. The highest BCUT2D eigenvalue weighted by atomic mass is 79.9. The van der Waals surface area contributed by atoms with Gasteiger partial charge in [-0.2, -0.15) is 0 Å². The highest BCUT2D eigenvalue weighted by molar-refractivity contribution is 9.10. The Kier molecular flexibility index (Phi) is 4.52. The van der Waals surface area contributed by atoms with Crippen molar-refractivity contribution in [1.82, 2.24) is 14.9 Å². The first-order chi connectivity index (χ1) is 11.7. The van der Waals surface area contributed by atoms with Gasteiger partial charge in [0.25, 0.3) is 0 Å². The van der Waals surface area contributed by atoms with Crippen LogP contribution in [0.15, 0.2) is 41.1 Å². The largest absolute Gasteiger partial charge is 0.354 e. The van der Waals surface area contributed by atoms with E-state index in [1.165, 1.54) is 21.6 Å². The van der Waals surface area contributed by atoms with Gasteiger partial charge in [0.1, 0.15) is 12.1 Å². The lowest BCUT2D eigenvalue weighted by molar-refractivity contribution is 0.360. The van der Waals surface area contributed by atoms with Crippen LogP contribution >= 0.6 is 27.3 Å². The van der Waals surface area contributed by atoms with E-state index in [2.05, 4.69) is 73.1 Å². The van der Waals surface area contributed by atoms with Crippen LogP contribution in [0.1, 0.15) is 6.42 Å². The predicted molar refractivity (Wildman–Crippen MR) is 105 cm³/mol. The molecule has 1 aliphatic rings. The molecule has 0 saturated carbocycles. The molecule has 24 heavy (non-hydrogen) atoms. The predicted octanol–water partition coefficient (Wildman–Crippen LogP) is 4.26. The number of thiophene rings is 1. The molecule has 124 valence electrons. The third kappa shape index (κ3) is 3.18. The Morgan fingerprint density at radius 3 is 2.71 bits per heavy atom. The maximum Gasteiger partial charge on any atom is 0.150 e. The smallest absolute Gasteiger partial charge is 0.150 e. The summed E-state index contributed by atoms with van der Waals surface area (Å²) >= 11 is 5.29. The summed E-state index contributed by atoms with van der Waals surface area (Å²) in [5, 5.41) is 0. The zero-order chi connectivity index (χ0) is 16.5. The van der Waals surface area contributed by atoms with Gasteiger partial charge < -0.3 is 9.80 Å². The van der Waals surface area contributed by atoms with E-state index in [1.807, 2.05) is 0 Å². The Labute approximate surface area is 154 Å². The van der Waals surface area contributed by atoms with Crippen molar-refractivity contribution in [2.75, 3.05) is 38.1 Å². The van der Waals surface area contributed by atoms with Gasteiger partial charge in [-0.1, -0.05) is 28.1 Å². The summed E-state index contributed by atoms with van der Waals surface area (Å²) in [7, 11) is 2.19. The van der Waals surface area contributed by atoms with Crippen LogP contribution in [0.4, 0.5) is 5.82 Å². The van der Waals surface area contributed by atoms with Crippen LogP contribution in [-0.2, 0) is 0 Å². The summed E-state index contributed by atoms with van der Waals surface area (Å²) in [6.07, 6.45) is 2.87. The average molecular weight is 403 g/mol. The Balaban J connectivity index is 1.73. The topological polar surface area (TPSA) is 32.3 Å². The van der Waals surface area contributed by atoms with Gasteiger partial charge >= 0.3 is 0 Å². The number of hydrogen-bond donors (Lipinski definition) is 0. The van der Waals surface area contributed by atoms with Crippen LogP contribution in [0, 0.1) is 0 Å². The molecule has 3 heterocycles. The van der Waals surface area contributed by atoms with Crippen molar-refractivity contribution in [2.45, 2.75) is 6.42 Å². The van der Waals surface area contributed by atoms with Crippen LogP contribution in [0.2, 0.25) is 0 Å². The fourth-order valence-electron chi connectivity index (χ4n) is 3.08. The molecule has 1 aromatic carbocycles. The second kappa shape index (κ2) is 6.78. The Bertz CT molecular complexity index is 846. The van der Waals surface area contributed by atoms with Crippen molar-refractivity contribution in [3.63, 3.8) is 0 Å². The molecule has 0 radical (unpaired) electrons. The number of aromatic nitrogens is 2. The molecule has 3 aromatic rings. The number of benzene rings is 1. The molecule has 1 aliphatic heterocycles. The van der Waals surface area contributed by atoms with Gasteiger partial charge in [-0.05, 0) is 43.8 Å². The lowest BCUT2D eigenvalue weighted by atomic mass is 10.2. The summed E-state index contributed by atoms with van der Waals surface area (Å²) in [5.41, 5.74) is 2.27. The molecule has 4 rings (SSSR count). The number of fused-ring (bicyclic) bond motifs is 1. The van der Waals surface area contributed by atoms with Crippen molar-refractivity contribution < 1.29 is 0 Å². The molecule has 4 nitrogen and oxygen atoms in total. The minimum Gasteiger partial charge on any atom is -0.354 e. The summed E-state index contributed by atoms with van der Waals surface area (Å²) in [4.78, 5) is 15.2. The van der Waals surface area contributed by atoms with Crippen molar-refractivity contribution in [3.05, 3.63) is 41.1 Å². The Morgan fingerprint density at radius 1 is 1.04 bits per heavy atom. The van der Waals surface area contributed by atoms with Gasteiger partial charge in [-0.15, -0.1) is 11.3 Å². The fraction of sp³-hybridized carbons (Fsp3) is 0.333. The summed E-state index contributed by atoms with van der Waals surface area (Å²) in [6.45, 7) is 4.31. The molecule has 0 N–H and O–H groups in total. The quantitative estimate of drug-likeness (QED) is 0.640. The van der Waals surface area contributed by atoms with Crippen LogP contribution in [-0.4, -0.2) is 48.1 Å². The molecule has 2 aromatic heterocycles. The van der Waals surface area contributed by atoms with Gasteiger partial charge in [0, 0.05) is 29.0 Å². The summed E-state index contributed by atoms with van der Waals surface area (Å²) < 4.78 is 2.29. The third-order valence-electron chi connectivity index (χ3n) is 4.44. The van der Waals surface area contributed by atoms with E-state index < -0.39 is 0 Å². The molecule has 0 spiro atoms. The highest BCUT2D eigenvalue weighted by Gasteiger charge is 2.18. The van der Waals surface area contributed by atoms with Crippen molar-refractivity contribution in [1.29, 1.82) is 0 Å². The lowest BCUT2D eigenvalue weighted by Crippen LogP contribution is -2.29. The number of likely N-dealkylation sites (N-methyl/N-ethyl adjacent to an activating group) is 1. The fourth-order valence-corrected chi connectivity index (χ4v) is 4.48. The second-order valence-electron chi connectivity index (χ2n) is 6.17. The zero-order valence-electron chi connectivity index (χ0n) is 13.6. The molecule has 1 saturated heterocycles. The SMILES string of the molecule is CN1CCCN(c2ncnc3cc(-c4ccc(Br)cc4)sc23)CC1. The molecule has 1 fully saturated rings. The third-order valence-corrected chi connectivity index (χ3v) is 6.14. The minimum atomic E-state index is 1.02.